The molecule has 0 saturated carbocycles. The molecule has 1 aromatic heterocycles. The molecule has 0 aliphatic heterocycles. The Morgan fingerprint density at radius 1 is 1.24 bits per heavy atom. The van der Waals surface area contributed by atoms with E-state index < -0.39 is 11.2 Å². The first kappa shape index (κ1) is 13.4. The van der Waals surface area contributed by atoms with Gasteiger partial charge in [-0.15, -0.1) is 11.6 Å². The lowest BCUT2D eigenvalue weighted by Crippen LogP contribution is -1.97. The number of hydrogen-bond acceptors (Lipinski definition) is 1. The van der Waals surface area contributed by atoms with E-state index in [1.165, 1.54) is 18.4 Å². The van der Waals surface area contributed by atoms with Crippen molar-refractivity contribution in [1.29, 1.82) is 0 Å². The summed E-state index contributed by atoms with van der Waals surface area (Å²) < 4.78 is 19.8. The Bertz CT molecular complexity index is 556. The fourth-order valence-corrected chi connectivity index (χ4v) is 2.81. The van der Waals surface area contributed by atoms with Crippen molar-refractivity contribution < 1.29 is 8.81 Å². The van der Waals surface area contributed by atoms with E-state index in [1.54, 1.807) is 6.07 Å². The molecule has 0 aliphatic carbocycles. The van der Waals surface area contributed by atoms with Crippen molar-refractivity contribution in [3.63, 3.8) is 0 Å². The molecular weight excluding hydrogens is 398 g/mol. The van der Waals surface area contributed by atoms with Gasteiger partial charge in [-0.2, -0.15) is 0 Å². The second kappa shape index (κ2) is 5.31. The second-order valence-corrected chi connectivity index (χ2v) is 5.72. The van der Waals surface area contributed by atoms with Crippen LogP contribution < -0.4 is 0 Å². The molecule has 90 valence electrons. The predicted molar refractivity (Wildman–Crippen MR) is 73.2 cm³/mol. The molecule has 2 rings (SSSR count). The summed E-state index contributed by atoms with van der Waals surface area (Å²) in [6.45, 7) is 0. The minimum absolute atomic E-state index is 0.307. The van der Waals surface area contributed by atoms with Crippen LogP contribution in [-0.2, 0) is 0 Å². The summed E-state index contributed by atoms with van der Waals surface area (Å²) in [4.78, 5) is 0. The first-order chi connectivity index (χ1) is 8.00. The quantitative estimate of drug-likeness (QED) is 0.448. The highest BCUT2D eigenvalue weighted by Gasteiger charge is 2.20. The van der Waals surface area contributed by atoms with Gasteiger partial charge in [-0.05, 0) is 50.1 Å². The van der Waals surface area contributed by atoms with Gasteiger partial charge in [0.2, 0.25) is 0 Å². The standard InChI is InChI=1S/C11H5Br2Cl2FO/c12-7-4-9(16)6(3-8(7)14)10(15)5-1-2-17-11(5)13/h1-4,10H. The van der Waals surface area contributed by atoms with Crippen LogP contribution in [0.25, 0.3) is 0 Å². The fraction of sp³-hybridized carbons (Fsp3) is 0.0909. The molecule has 1 nitrogen and oxygen atoms in total. The maximum absolute atomic E-state index is 13.8. The lowest BCUT2D eigenvalue weighted by molar-refractivity contribution is 0.536. The molecule has 0 bridgehead atoms. The molecule has 2 aromatic rings. The van der Waals surface area contributed by atoms with E-state index in [-0.39, 0.29) is 0 Å². The zero-order valence-corrected chi connectivity index (χ0v) is 12.9. The van der Waals surface area contributed by atoms with Crippen molar-refractivity contribution in [2.75, 3.05) is 0 Å². The molecule has 0 N–H and O–H groups in total. The molecule has 0 radical (unpaired) electrons. The molecule has 6 heteroatoms. The number of alkyl halides is 1. The summed E-state index contributed by atoms with van der Waals surface area (Å²) in [5.41, 5.74) is 0.964. The first-order valence-corrected chi connectivity index (χ1v) is 6.92. The molecule has 1 unspecified atom stereocenters. The minimum atomic E-state index is -0.659. The summed E-state index contributed by atoms with van der Waals surface area (Å²) in [5, 5.41) is -0.250. The highest BCUT2D eigenvalue weighted by molar-refractivity contribution is 9.10. The Hall–Kier alpha value is -0.0300. The van der Waals surface area contributed by atoms with Gasteiger partial charge in [0.05, 0.1) is 16.7 Å². The van der Waals surface area contributed by atoms with Crippen LogP contribution >= 0.6 is 55.1 Å². The van der Waals surface area contributed by atoms with Crippen LogP contribution in [0.4, 0.5) is 4.39 Å². The molecule has 0 amide bonds. The van der Waals surface area contributed by atoms with Gasteiger partial charge in [-0.3, -0.25) is 0 Å². The topological polar surface area (TPSA) is 13.1 Å². The Morgan fingerprint density at radius 3 is 2.53 bits per heavy atom. The smallest absolute Gasteiger partial charge is 0.173 e. The maximum Gasteiger partial charge on any atom is 0.173 e. The first-order valence-electron chi connectivity index (χ1n) is 4.52. The van der Waals surface area contributed by atoms with Gasteiger partial charge in [0.15, 0.2) is 4.67 Å². The van der Waals surface area contributed by atoms with Crippen LogP contribution in [-0.4, -0.2) is 0 Å². The highest BCUT2D eigenvalue weighted by atomic mass is 79.9. The molecule has 0 fully saturated rings. The van der Waals surface area contributed by atoms with Gasteiger partial charge in [0.25, 0.3) is 0 Å². The van der Waals surface area contributed by atoms with E-state index in [9.17, 15) is 4.39 Å². The molecule has 17 heavy (non-hydrogen) atoms. The third-order valence-corrected chi connectivity index (χ3v) is 4.54. The van der Waals surface area contributed by atoms with Gasteiger partial charge >= 0.3 is 0 Å². The predicted octanol–water partition coefficient (Wildman–Crippen LogP) is 5.93. The number of rotatable bonds is 2. The largest absolute Gasteiger partial charge is 0.457 e. The molecular formula is C11H5Br2Cl2FO. The third-order valence-electron chi connectivity index (χ3n) is 2.23. The van der Waals surface area contributed by atoms with Crippen LogP contribution in [0.15, 0.2) is 38.0 Å². The number of hydrogen-bond donors (Lipinski definition) is 0. The number of halogens is 5. The van der Waals surface area contributed by atoms with E-state index >= 15 is 0 Å². The average Bonchev–Trinajstić information content (AvgIpc) is 2.69. The van der Waals surface area contributed by atoms with Crippen molar-refractivity contribution in [2.24, 2.45) is 0 Å². The van der Waals surface area contributed by atoms with Gasteiger partial charge in [-0.1, -0.05) is 11.6 Å². The van der Waals surface area contributed by atoms with Gasteiger partial charge in [0.1, 0.15) is 5.82 Å². The molecule has 1 aromatic carbocycles. The Kier molecular flexibility index (Phi) is 4.18. The lowest BCUT2D eigenvalue weighted by atomic mass is 10.1. The number of benzene rings is 1. The second-order valence-electron chi connectivity index (χ2n) is 3.30. The van der Waals surface area contributed by atoms with Gasteiger partial charge in [-0.25, -0.2) is 4.39 Å². The number of furan rings is 1. The maximum atomic E-state index is 13.8. The fourth-order valence-electron chi connectivity index (χ4n) is 1.38. The lowest BCUT2D eigenvalue weighted by Gasteiger charge is -2.11. The molecule has 1 heterocycles. The zero-order valence-electron chi connectivity index (χ0n) is 8.18. The van der Waals surface area contributed by atoms with Crippen LogP contribution in [0.2, 0.25) is 5.02 Å². The van der Waals surface area contributed by atoms with Crippen molar-refractivity contribution in [2.45, 2.75) is 5.38 Å². The Morgan fingerprint density at radius 2 is 1.94 bits per heavy atom. The van der Waals surface area contributed by atoms with Crippen LogP contribution in [0.5, 0.6) is 0 Å². The van der Waals surface area contributed by atoms with E-state index in [0.29, 0.717) is 25.3 Å². The molecule has 0 aliphatic rings. The summed E-state index contributed by atoms with van der Waals surface area (Å²) in [6, 6.07) is 4.47. The zero-order chi connectivity index (χ0) is 12.6. The average molecular weight is 403 g/mol. The van der Waals surface area contributed by atoms with Crippen LogP contribution in [0.3, 0.4) is 0 Å². The van der Waals surface area contributed by atoms with Crippen molar-refractivity contribution in [3.8, 4) is 0 Å². The van der Waals surface area contributed by atoms with Crippen molar-refractivity contribution >= 4 is 55.1 Å². The normalized spacial score (nSPS) is 12.8. The van der Waals surface area contributed by atoms with E-state index in [0.717, 1.165) is 0 Å². The summed E-state index contributed by atoms with van der Waals surface area (Å²) >= 11 is 18.5. The van der Waals surface area contributed by atoms with Gasteiger partial charge in [0, 0.05) is 15.6 Å². The van der Waals surface area contributed by atoms with Crippen molar-refractivity contribution in [1.82, 2.24) is 0 Å². The summed E-state index contributed by atoms with van der Waals surface area (Å²) in [7, 11) is 0. The minimum Gasteiger partial charge on any atom is -0.457 e. The van der Waals surface area contributed by atoms with Crippen molar-refractivity contribution in [3.05, 3.63) is 55.6 Å². The molecule has 0 saturated heterocycles. The third kappa shape index (κ3) is 2.70. The van der Waals surface area contributed by atoms with E-state index in [4.69, 9.17) is 27.6 Å². The molecule has 0 spiro atoms. The van der Waals surface area contributed by atoms with Crippen LogP contribution in [0.1, 0.15) is 16.5 Å². The van der Waals surface area contributed by atoms with E-state index in [1.807, 2.05) is 0 Å². The SMILES string of the molecule is Fc1cc(Br)c(Cl)cc1C(Cl)c1ccoc1Br. The van der Waals surface area contributed by atoms with E-state index in [2.05, 4.69) is 31.9 Å². The van der Waals surface area contributed by atoms with Crippen LogP contribution in [0, 0.1) is 5.82 Å². The Labute approximate surface area is 124 Å². The Balaban J connectivity index is 2.48. The molecule has 1 atom stereocenters. The summed E-state index contributed by atoms with van der Waals surface area (Å²) in [6.07, 6.45) is 1.48. The highest BCUT2D eigenvalue weighted by Crippen LogP contribution is 2.38. The summed E-state index contributed by atoms with van der Waals surface area (Å²) in [5.74, 6) is -0.422. The monoisotopic (exact) mass is 400 g/mol. The van der Waals surface area contributed by atoms with Gasteiger partial charge < -0.3 is 4.42 Å².